The third-order valence-corrected chi connectivity index (χ3v) is 4.07. The van der Waals surface area contributed by atoms with Gasteiger partial charge >= 0.3 is 0 Å². The molecule has 6 nitrogen and oxygen atoms in total. The molecule has 1 amide bonds. The molecule has 3 rings (SSSR count). The number of anilines is 3. The molecule has 0 radical (unpaired) electrons. The fourth-order valence-corrected chi connectivity index (χ4v) is 2.62. The molecule has 1 aromatic heterocycles. The second-order valence-corrected chi connectivity index (χ2v) is 6.34. The Kier molecular flexibility index (Phi) is 5.26. The van der Waals surface area contributed by atoms with Crippen LogP contribution in [0, 0.1) is 13.8 Å². The highest BCUT2D eigenvalue weighted by Gasteiger charge is 2.10. The standard InChI is InChI=1S/C21H20N4O2/c1-13-7-8-18(14(2)11-13)23-20-10-9-19(24-25-20)21(27)22-17-6-4-5-16(12-17)15(3)26/h4-12H,1-3H3,(H,22,27)(H,23,25). The molecule has 0 fully saturated rings. The van der Waals surface area contributed by atoms with Gasteiger partial charge in [-0.1, -0.05) is 29.8 Å². The molecular formula is C21H20N4O2. The van der Waals surface area contributed by atoms with E-state index in [1.807, 2.05) is 26.0 Å². The largest absolute Gasteiger partial charge is 0.339 e. The van der Waals surface area contributed by atoms with Crippen molar-refractivity contribution < 1.29 is 9.59 Å². The highest BCUT2D eigenvalue weighted by molar-refractivity contribution is 6.03. The van der Waals surface area contributed by atoms with Crippen molar-refractivity contribution in [2.45, 2.75) is 20.8 Å². The van der Waals surface area contributed by atoms with Gasteiger partial charge in [-0.05, 0) is 56.7 Å². The van der Waals surface area contributed by atoms with Crippen LogP contribution < -0.4 is 10.6 Å². The Bertz CT molecular complexity index is 997. The molecule has 0 spiro atoms. The molecule has 0 saturated heterocycles. The van der Waals surface area contributed by atoms with Gasteiger partial charge in [0.05, 0.1) is 0 Å². The lowest BCUT2D eigenvalue weighted by Gasteiger charge is -2.09. The van der Waals surface area contributed by atoms with Crippen LogP contribution >= 0.6 is 0 Å². The Hall–Kier alpha value is -3.54. The van der Waals surface area contributed by atoms with Crippen molar-refractivity contribution in [2.24, 2.45) is 0 Å². The van der Waals surface area contributed by atoms with Crippen LogP contribution in [0.25, 0.3) is 0 Å². The summed E-state index contributed by atoms with van der Waals surface area (Å²) in [6.45, 7) is 5.53. The minimum atomic E-state index is -0.388. The van der Waals surface area contributed by atoms with Crippen molar-refractivity contribution in [3.8, 4) is 0 Å². The van der Waals surface area contributed by atoms with Gasteiger partial charge < -0.3 is 10.6 Å². The predicted molar refractivity (Wildman–Crippen MR) is 106 cm³/mol. The molecule has 6 heteroatoms. The number of hydrogen-bond acceptors (Lipinski definition) is 5. The number of aryl methyl sites for hydroxylation is 2. The third kappa shape index (κ3) is 4.55. The topological polar surface area (TPSA) is 84.0 Å². The van der Waals surface area contributed by atoms with E-state index in [1.165, 1.54) is 12.5 Å². The van der Waals surface area contributed by atoms with Crippen molar-refractivity contribution in [1.82, 2.24) is 10.2 Å². The lowest BCUT2D eigenvalue weighted by atomic mass is 10.1. The zero-order valence-electron chi connectivity index (χ0n) is 15.4. The van der Waals surface area contributed by atoms with E-state index in [4.69, 9.17) is 0 Å². The molecule has 0 saturated carbocycles. The second kappa shape index (κ2) is 7.78. The molecule has 2 aromatic carbocycles. The first kappa shape index (κ1) is 18.3. The average molecular weight is 360 g/mol. The van der Waals surface area contributed by atoms with Gasteiger partial charge in [0.1, 0.15) is 0 Å². The Morgan fingerprint density at radius 1 is 0.926 bits per heavy atom. The van der Waals surface area contributed by atoms with Crippen LogP contribution in [0.3, 0.4) is 0 Å². The highest BCUT2D eigenvalue weighted by Crippen LogP contribution is 2.20. The second-order valence-electron chi connectivity index (χ2n) is 6.34. The Labute approximate surface area is 157 Å². The van der Waals surface area contributed by atoms with Crippen LogP contribution in [0.5, 0.6) is 0 Å². The van der Waals surface area contributed by atoms with Crippen molar-refractivity contribution in [3.63, 3.8) is 0 Å². The Morgan fingerprint density at radius 2 is 1.74 bits per heavy atom. The number of aromatic nitrogens is 2. The minimum absolute atomic E-state index is 0.0623. The summed E-state index contributed by atoms with van der Waals surface area (Å²) in [4.78, 5) is 23.8. The number of carbonyl (C=O) groups is 2. The van der Waals surface area contributed by atoms with Crippen LogP contribution in [-0.2, 0) is 0 Å². The van der Waals surface area contributed by atoms with Crippen LogP contribution in [0.15, 0.2) is 54.6 Å². The van der Waals surface area contributed by atoms with Gasteiger partial charge in [-0.25, -0.2) is 0 Å². The molecule has 3 aromatic rings. The maximum absolute atomic E-state index is 12.3. The van der Waals surface area contributed by atoms with Crippen LogP contribution in [0.2, 0.25) is 0 Å². The van der Waals surface area contributed by atoms with E-state index < -0.39 is 0 Å². The number of nitrogens with zero attached hydrogens (tertiary/aromatic N) is 2. The number of hydrogen-bond donors (Lipinski definition) is 2. The zero-order valence-corrected chi connectivity index (χ0v) is 15.4. The number of nitrogens with one attached hydrogen (secondary N) is 2. The van der Waals surface area contributed by atoms with Gasteiger partial charge in [-0.15, -0.1) is 10.2 Å². The molecule has 136 valence electrons. The fraction of sp³-hybridized carbons (Fsp3) is 0.143. The van der Waals surface area contributed by atoms with Crippen LogP contribution in [0.4, 0.5) is 17.2 Å². The van der Waals surface area contributed by atoms with E-state index in [1.54, 1.807) is 36.4 Å². The molecule has 0 atom stereocenters. The van der Waals surface area contributed by atoms with Crippen molar-refractivity contribution in [2.75, 3.05) is 10.6 Å². The first-order valence-electron chi connectivity index (χ1n) is 8.53. The molecular weight excluding hydrogens is 340 g/mol. The molecule has 0 aliphatic rings. The quantitative estimate of drug-likeness (QED) is 0.663. The molecule has 0 bridgehead atoms. The summed E-state index contributed by atoms with van der Waals surface area (Å²) in [6.07, 6.45) is 0. The molecule has 0 aliphatic carbocycles. The summed E-state index contributed by atoms with van der Waals surface area (Å²) in [5.74, 6) is 0.103. The predicted octanol–water partition coefficient (Wildman–Crippen LogP) is 4.29. The Morgan fingerprint density at radius 3 is 2.41 bits per heavy atom. The van der Waals surface area contributed by atoms with Gasteiger partial charge in [-0.2, -0.15) is 0 Å². The van der Waals surface area contributed by atoms with Crippen molar-refractivity contribution in [3.05, 3.63) is 77.0 Å². The zero-order chi connectivity index (χ0) is 19.4. The highest BCUT2D eigenvalue weighted by atomic mass is 16.2. The van der Waals surface area contributed by atoms with Gasteiger partial charge in [0.25, 0.3) is 5.91 Å². The lowest BCUT2D eigenvalue weighted by Crippen LogP contribution is -2.15. The van der Waals surface area contributed by atoms with E-state index in [2.05, 4.69) is 26.9 Å². The van der Waals surface area contributed by atoms with E-state index >= 15 is 0 Å². The normalized spacial score (nSPS) is 10.3. The molecule has 0 unspecified atom stereocenters. The fourth-order valence-electron chi connectivity index (χ4n) is 2.62. The number of rotatable bonds is 5. The number of benzene rings is 2. The van der Waals surface area contributed by atoms with Crippen molar-refractivity contribution in [1.29, 1.82) is 0 Å². The van der Waals surface area contributed by atoms with E-state index in [0.29, 0.717) is 17.1 Å². The third-order valence-electron chi connectivity index (χ3n) is 4.07. The van der Waals surface area contributed by atoms with E-state index in [-0.39, 0.29) is 17.4 Å². The molecule has 2 N–H and O–H groups in total. The van der Waals surface area contributed by atoms with E-state index in [0.717, 1.165) is 11.3 Å². The monoisotopic (exact) mass is 360 g/mol. The van der Waals surface area contributed by atoms with Crippen molar-refractivity contribution >= 4 is 28.9 Å². The summed E-state index contributed by atoms with van der Waals surface area (Å²) in [5, 5.41) is 14.0. The SMILES string of the molecule is CC(=O)c1cccc(NC(=O)c2ccc(Nc3ccc(C)cc3C)nn2)c1. The maximum atomic E-state index is 12.3. The molecule has 1 heterocycles. The average Bonchev–Trinajstić information content (AvgIpc) is 2.65. The first-order chi connectivity index (χ1) is 12.9. The summed E-state index contributed by atoms with van der Waals surface area (Å²) in [5.41, 5.74) is 4.48. The molecule has 0 aliphatic heterocycles. The van der Waals surface area contributed by atoms with Crippen LogP contribution in [0.1, 0.15) is 38.9 Å². The number of amides is 1. The molecule has 27 heavy (non-hydrogen) atoms. The van der Waals surface area contributed by atoms with Gasteiger partial charge in [0.2, 0.25) is 0 Å². The summed E-state index contributed by atoms with van der Waals surface area (Å²) in [7, 11) is 0. The van der Waals surface area contributed by atoms with Gasteiger partial charge in [0.15, 0.2) is 17.3 Å². The summed E-state index contributed by atoms with van der Waals surface area (Å²) < 4.78 is 0. The van der Waals surface area contributed by atoms with Crippen LogP contribution in [-0.4, -0.2) is 21.9 Å². The Balaban J connectivity index is 1.70. The number of carbonyl (C=O) groups excluding carboxylic acids is 2. The summed E-state index contributed by atoms with van der Waals surface area (Å²) in [6, 6.07) is 16.1. The lowest BCUT2D eigenvalue weighted by molar-refractivity contribution is 0.100. The number of Topliss-reactive ketones (excluding diaryl/α,β-unsaturated/α-hetero) is 1. The first-order valence-corrected chi connectivity index (χ1v) is 8.53. The van der Waals surface area contributed by atoms with Gasteiger partial charge in [-0.3, -0.25) is 9.59 Å². The van der Waals surface area contributed by atoms with E-state index in [9.17, 15) is 9.59 Å². The summed E-state index contributed by atoms with van der Waals surface area (Å²) >= 11 is 0. The maximum Gasteiger partial charge on any atom is 0.276 e. The minimum Gasteiger partial charge on any atom is -0.339 e. The van der Waals surface area contributed by atoms with Gasteiger partial charge in [0, 0.05) is 16.9 Å². The number of ketones is 1. The smallest absolute Gasteiger partial charge is 0.276 e.